The van der Waals surface area contributed by atoms with E-state index in [9.17, 15) is 4.79 Å². The molecule has 0 bridgehead atoms. The standard InChI is InChI=1S/C17H12N2OS/c20-17-16(21-15-7-2-1-5-14(15)19-17)10-11-4-3-6-13-12(11)8-9-18-13/h1-10,18H,(H,19,20). The van der Waals surface area contributed by atoms with Crippen molar-refractivity contribution in [1.29, 1.82) is 0 Å². The molecule has 1 aliphatic rings. The Morgan fingerprint density at radius 2 is 1.90 bits per heavy atom. The average molecular weight is 292 g/mol. The van der Waals surface area contributed by atoms with Gasteiger partial charge in [0.1, 0.15) is 0 Å². The van der Waals surface area contributed by atoms with Gasteiger partial charge in [-0.1, -0.05) is 36.0 Å². The number of aromatic amines is 1. The number of rotatable bonds is 1. The SMILES string of the molecule is O=C1Nc2ccccc2SC1=Cc1cccc2[nH]ccc12. The first-order valence-corrected chi connectivity index (χ1v) is 7.49. The van der Waals surface area contributed by atoms with E-state index in [-0.39, 0.29) is 5.91 Å². The van der Waals surface area contributed by atoms with Crippen LogP contribution in [0.2, 0.25) is 0 Å². The zero-order valence-electron chi connectivity index (χ0n) is 11.1. The number of H-pyrrole nitrogens is 1. The molecule has 0 atom stereocenters. The largest absolute Gasteiger partial charge is 0.361 e. The van der Waals surface area contributed by atoms with Crippen molar-refractivity contribution in [3.8, 4) is 0 Å². The number of fused-ring (bicyclic) bond motifs is 2. The first-order valence-electron chi connectivity index (χ1n) is 6.67. The van der Waals surface area contributed by atoms with Crippen molar-refractivity contribution in [2.45, 2.75) is 4.90 Å². The number of hydrogen-bond donors (Lipinski definition) is 2. The molecule has 0 radical (unpaired) electrons. The smallest absolute Gasteiger partial charge is 0.262 e. The summed E-state index contributed by atoms with van der Waals surface area (Å²) in [7, 11) is 0. The highest BCUT2D eigenvalue weighted by Gasteiger charge is 2.20. The molecule has 21 heavy (non-hydrogen) atoms. The minimum absolute atomic E-state index is 0.0498. The Morgan fingerprint density at radius 3 is 2.86 bits per heavy atom. The van der Waals surface area contributed by atoms with Gasteiger partial charge in [-0.3, -0.25) is 4.79 Å². The molecule has 0 fully saturated rings. The molecule has 0 saturated carbocycles. The number of anilines is 1. The van der Waals surface area contributed by atoms with Crippen molar-refractivity contribution in [2.75, 3.05) is 5.32 Å². The van der Waals surface area contributed by atoms with E-state index >= 15 is 0 Å². The van der Waals surface area contributed by atoms with Gasteiger partial charge in [-0.15, -0.1) is 0 Å². The van der Waals surface area contributed by atoms with E-state index in [1.165, 1.54) is 11.8 Å². The highest BCUT2D eigenvalue weighted by atomic mass is 32.2. The minimum atomic E-state index is -0.0498. The van der Waals surface area contributed by atoms with Crippen LogP contribution in [-0.4, -0.2) is 10.9 Å². The average Bonchev–Trinajstić information content (AvgIpc) is 2.97. The lowest BCUT2D eigenvalue weighted by Gasteiger charge is -2.18. The lowest BCUT2D eigenvalue weighted by Crippen LogP contribution is -2.17. The molecule has 0 spiro atoms. The minimum Gasteiger partial charge on any atom is -0.361 e. The van der Waals surface area contributed by atoms with Gasteiger partial charge in [0.15, 0.2) is 0 Å². The molecule has 1 aliphatic heterocycles. The quantitative estimate of drug-likeness (QED) is 0.658. The fraction of sp³-hybridized carbons (Fsp3) is 0. The van der Waals surface area contributed by atoms with Gasteiger partial charge in [-0.25, -0.2) is 0 Å². The Morgan fingerprint density at radius 1 is 1.00 bits per heavy atom. The molecule has 4 rings (SSSR count). The van der Waals surface area contributed by atoms with Crippen molar-refractivity contribution in [1.82, 2.24) is 4.98 Å². The van der Waals surface area contributed by atoms with Gasteiger partial charge in [0, 0.05) is 22.0 Å². The van der Waals surface area contributed by atoms with E-state index < -0.39 is 0 Å². The maximum absolute atomic E-state index is 12.2. The fourth-order valence-corrected chi connectivity index (χ4v) is 3.42. The molecule has 0 unspecified atom stereocenters. The normalized spacial score (nSPS) is 16.0. The van der Waals surface area contributed by atoms with E-state index in [1.807, 2.05) is 60.8 Å². The molecule has 3 nitrogen and oxygen atoms in total. The van der Waals surface area contributed by atoms with Crippen molar-refractivity contribution >= 4 is 40.3 Å². The predicted octanol–water partition coefficient (Wildman–Crippen LogP) is 4.25. The van der Waals surface area contributed by atoms with Crippen LogP contribution in [0.3, 0.4) is 0 Å². The Kier molecular flexibility index (Phi) is 2.82. The monoisotopic (exact) mass is 292 g/mol. The number of benzene rings is 2. The first kappa shape index (κ1) is 12.3. The van der Waals surface area contributed by atoms with Crippen molar-refractivity contribution in [3.05, 3.63) is 65.2 Å². The van der Waals surface area contributed by atoms with Crippen molar-refractivity contribution in [2.24, 2.45) is 0 Å². The number of carbonyl (C=O) groups is 1. The van der Waals surface area contributed by atoms with E-state index in [0.29, 0.717) is 4.91 Å². The summed E-state index contributed by atoms with van der Waals surface area (Å²) < 4.78 is 0. The second kappa shape index (κ2) is 4.82. The first-order chi connectivity index (χ1) is 10.3. The number of aromatic nitrogens is 1. The van der Waals surface area contributed by atoms with Gasteiger partial charge in [0.25, 0.3) is 5.91 Å². The zero-order valence-corrected chi connectivity index (χ0v) is 11.9. The third-order valence-electron chi connectivity index (χ3n) is 3.49. The second-order valence-electron chi connectivity index (χ2n) is 4.85. The van der Waals surface area contributed by atoms with E-state index in [1.54, 1.807) is 0 Å². The maximum Gasteiger partial charge on any atom is 0.262 e. The van der Waals surface area contributed by atoms with Crippen LogP contribution in [0.15, 0.2) is 64.5 Å². The number of nitrogens with one attached hydrogen (secondary N) is 2. The summed E-state index contributed by atoms with van der Waals surface area (Å²) in [5.74, 6) is -0.0498. The van der Waals surface area contributed by atoms with Crippen LogP contribution in [0, 0.1) is 0 Å². The number of carbonyl (C=O) groups excluding carboxylic acids is 1. The van der Waals surface area contributed by atoms with Crippen LogP contribution in [-0.2, 0) is 4.79 Å². The topological polar surface area (TPSA) is 44.9 Å². The third-order valence-corrected chi connectivity index (χ3v) is 4.59. The molecule has 4 heteroatoms. The van der Waals surface area contributed by atoms with Crippen LogP contribution in [0.25, 0.3) is 17.0 Å². The number of amides is 1. The van der Waals surface area contributed by atoms with Crippen molar-refractivity contribution in [3.63, 3.8) is 0 Å². The third kappa shape index (κ3) is 2.14. The predicted molar refractivity (Wildman–Crippen MR) is 87.2 cm³/mol. The molecule has 3 aromatic rings. The summed E-state index contributed by atoms with van der Waals surface area (Å²) in [6.45, 7) is 0. The molecule has 0 saturated heterocycles. The summed E-state index contributed by atoms with van der Waals surface area (Å²) >= 11 is 1.51. The lowest BCUT2D eigenvalue weighted by molar-refractivity contribution is -0.112. The summed E-state index contributed by atoms with van der Waals surface area (Å²) in [4.78, 5) is 17.2. The molecule has 1 aromatic heterocycles. The molecule has 2 N–H and O–H groups in total. The van der Waals surface area contributed by atoms with Gasteiger partial charge in [-0.2, -0.15) is 0 Å². The maximum atomic E-state index is 12.2. The highest BCUT2D eigenvalue weighted by Crippen LogP contribution is 2.39. The summed E-state index contributed by atoms with van der Waals surface area (Å²) in [5, 5.41) is 4.06. The Bertz CT molecular complexity index is 879. The van der Waals surface area contributed by atoms with Crippen LogP contribution < -0.4 is 5.32 Å². The Balaban J connectivity index is 1.80. The summed E-state index contributed by atoms with van der Waals surface area (Å²) in [6, 6.07) is 15.9. The van der Waals surface area contributed by atoms with E-state index in [2.05, 4.69) is 10.3 Å². The van der Waals surface area contributed by atoms with Crippen molar-refractivity contribution < 1.29 is 4.79 Å². The Labute approximate surface area is 126 Å². The number of para-hydroxylation sites is 1. The van der Waals surface area contributed by atoms with Gasteiger partial charge >= 0.3 is 0 Å². The van der Waals surface area contributed by atoms with Crippen LogP contribution >= 0.6 is 11.8 Å². The lowest BCUT2D eigenvalue weighted by atomic mass is 10.1. The highest BCUT2D eigenvalue weighted by molar-refractivity contribution is 8.04. The zero-order chi connectivity index (χ0) is 14.2. The summed E-state index contributed by atoms with van der Waals surface area (Å²) in [5.41, 5.74) is 3.00. The van der Waals surface area contributed by atoms with Gasteiger partial charge in [0.2, 0.25) is 0 Å². The van der Waals surface area contributed by atoms with Gasteiger partial charge in [-0.05, 0) is 35.9 Å². The molecule has 2 aromatic carbocycles. The van der Waals surface area contributed by atoms with Crippen LogP contribution in [0.5, 0.6) is 0 Å². The molecule has 1 amide bonds. The molecule has 102 valence electrons. The molecular formula is C17H12N2OS. The fourth-order valence-electron chi connectivity index (χ4n) is 2.48. The second-order valence-corrected chi connectivity index (χ2v) is 5.93. The molecule has 0 aliphatic carbocycles. The van der Waals surface area contributed by atoms with Gasteiger partial charge in [0.05, 0.1) is 10.6 Å². The molecular weight excluding hydrogens is 280 g/mol. The van der Waals surface area contributed by atoms with E-state index in [0.717, 1.165) is 27.0 Å². The number of hydrogen-bond acceptors (Lipinski definition) is 2. The number of thioether (sulfide) groups is 1. The molecule has 2 heterocycles. The van der Waals surface area contributed by atoms with Crippen LogP contribution in [0.1, 0.15) is 5.56 Å². The summed E-state index contributed by atoms with van der Waals surface area (Å²) in [6.07, 6.45) is 3.86. The van der Waals surface area contributed by atoms with Gasteiger partial charge < -0.3 is 10.3 Å². The Hall–Kier alpha value is -2.46. The van der Waals surface area contributed by atoms with Crippen LogP contribution in [0.4, 0.5) is 5.69 Å². The van der Waals surface area contributed by atoms with E-state index in [4.69, 9.17) is 0 Å².